The van der Waals surface area contributed by atoms with Crippen LogP contribution in [0.15, 0.2) is 36.4 Å². The van der Waals surface area contributed by atoms with Gasteiger partial charge in [0.15, 0.2) is 0 Å². The molecular weight excluding hydrogens is 266 g/mol. The molecule has 1 amide bonds. The Bertz CT molecular complexity index is 714. The van der Waals surface area contributed by atoms with E-state index in [0.717, 1.165) is 11.9 Å². The second-order valence-corrected chi connectivity index (χ2v) is 5.64. The Morgan fingerprint density at radius 2 is 1.76 bits per heavy atom. The van der Waals surface area contributed by atoms with Crippen molar-refractivity contribution >= 4 is 22.6 Å². The Morgan fingerprint density at radius 1 is 1.14 bits per heavy atom. The van der Waals surface area contributed by atoms with E-state index in [4.69, 9.17) is 0 Å². The van der Waals surface area contributed by atoms with Crippen molar-refractivity contribution < 1.29 is 14.7 Å². The van der Waals surface area contributed by atoms with Gasteiger partial charge in [0.25, 0.3) is 5.91 Å². The number of hydrogen-bond donors (Lipinski definition) is 1. The van der Waals surface area contributed by atoms with E-state index in [1.807, 2.05) is 12.1 Å². The molecule has 0 aromatic heterocycles. The first-order valence-electron chi connectivity index (χ1n) is 7.08. The third-order valence-electron chi connectivity index (χ3n) is 3.94. The summed E-state index contributed by atoms with van der Waals surface area (Å²) in [5.74, 6) is -0.514. The molecule has 2 aromatic rings. The quantitative estimate of drug-likeness (QED) is 0.938. The number of nitrogens with zero attached hydrogens (tertiary/aromatic N) is 1. The van der Waals surface area contributed by atoms with E-state index in [1.165, 1.54) is 12.8 Å². The van der Waals surface area contributed by atoms with Crippen molar-refractivity contribution in [2.45, 2.75) is 12.8 Å². The van der Waals surface area contributed by atoms with Gasteiger partial charge in [-0.1, -0.05) is 24.3 Å². The molecule has 3 rings (SSSR count). The summed E-state index contributed by atoms with van der Waals surface area (Å²) in [7, 11) is 1.78. The third kappa shape index (κ3) is 2.61. The first-order valence-corrected chi connectivity index (χ1v) is 7.08. The topological polar surface area (TPSA) is 57.6 Å². The molecule has 2 aromatic carbocycles. The van der Waals surface area contributed by atoms with Crippen LogP contribution in [0.5, 0.6) is 0 Å². The first-order chi connectivity index (χ1) is 10.1. The molecular formula is C17H17NO3. The van der Waals surface area contributed by atoms with Gasteiger partial charge >= 0.3 is 5.97 Å². The maximum absolute atomic E-state index is 12.6. The van der Waals surface area contributed by atoms with Crippen molar-refractivity contribution in [3.63, 3.8) is 0 Å². The summed E-state index contributed by atoms with van der Waals surface area (Å²) >= 11 is 0. The second kappa shape index (κ2) is 5.20. The van der Waals surface area contributed by atoms with Crippen LogP contribution in [0.2, 0.25) is 0 Å². The largest absolute Gasteiger partial charge is 0.478 e. The number of fused-ring (bicyclic) bond motifs is 1. The van der Waals surface area contributed by atoms with Crippen LogP contribution in [0, 0.1) is 5.92 Å². The Balaban J connectivity index is 2.08. The van der Waals surface area contributed by atoms with E-state index >= 15 is 0 Å². The van der Waals surface area contributed by atoms with Crippen molar-refractivity contribution in [2.75, 3.05) is 13.6 Å². The predicted molar refractivity (Wildman–Crippen MR) is 80.6 cm³/mol. The van der Waals surface area contributed by atoms with Crippen molar-refractivity contribution in [1.82, 2.24) is 4.90 Å². The van der Waals surface area contributed by atoms with Gasteiger partial charge in [-0.15, -0.1) is 0 Å². The fourth-order valence-corrected chi connectivity index (χ4v) is 2.67. The van der Waals surface area contributed by atoms with E-state index in [-0.39, 0.29) is 11.5 Å². The SMILES string of the molecule is CN(CC1CC1)C(=O)c1cccc2cccc(C(=O)O)c12. The maximum Gasteiger partial charge on any atom is 0.336 e. The summed E-state index contributed by atoms with van der Waals surface area (Å²) in [5.41, 5.74) is 0.643. The summed E-state index contributed by atoms with van der Waals surface area (Å²) < 4.78 is 0. The summed E-state index contributed by atoms with van der Waals surface area (Å²) in [6.45, 7) is 0.741. The van der Waals surface area contributed by atoms with E-state index in [1.54, 1.807) is 36.2 Å². The highest BCUT2D eigenvalue weighted by Gasteiger charge is 2.26. The van der Waals surface area contributed by atoms with Gasteiger partial charge in [0.1, 0.15) is 0 Å². The molecule has 1 aliphatic rings. The number of carbonyl (C=O) groups is 2. The maximum atomic E-state index is 12.6. The van der Waals surface area contributed by atoms with Gasteiger partial charge in [0, 0.05) is 24.5 Å². The fourth-order valence-electron chi connectivity index (χ4n) is 2.67. The first kappa shape index (κ1) is 13.6. The molecule has 0 radical (unpaired) electrons. The van der Waals surface area contributed by atoms with E-state index < -0.39 is 5.97 Å². The van der Waals surface area contributed by atoms with Crippen molar-refractivity contribution in [3.8, 4) is 0 Å². The average molecular weight is 283 g/mol. The Hall–Kier alpha value is -2.36. The lowest BCUT2D eigenvalue weighted by molar-refractivity contribution is 0.0699. The van der Waals surface area contributed by atoms with Crippen molar-refractivity contribution in [3.05, 3.63) is 47.5 Å². The Morgan fingerprint density at radius 3 is 2.33 bits per heavy atom. The summed E-state index contributed by atoms with van der Waals surface area (Å²) in [6.07, 6.45) is 2.35. The Labute approximate surface area is 123 Å². The van der Waals surface area contributed by atoms with Crippen LogP contribution in [-0.2, 0) is 0 Å². The number of benzene rings is 2. The monoisotopic (exact) mass is 283 g/mol. The van der Waals surface area contributed by atoms with Crippen LogP contribution in [-0.4, -0.2) is 35.5 Å². The average Bonchev–Trinajstić information content (AvgIpc) is 3.29. The minimum atomic E-state index is -1.01. The fraction of sp³-hybridized carbons (Fsp3) is 0.294. The summed E-state index contributed by atoms with van der Waals surface area (Å²) in [5, 5.41) is 10.7. The van der Waals surface area contributed by atoms with Gasteiger partial charge in [-0.05, 0) is 36.3 Å². The number of hydrogen-bond acceptors (Lipinski definition) is 2. The van der Waals surface area contributed by atoms with Gasteiger partial charge in [-0.2, -0.15) is 0 Å². The van der Waals surface area contributed by atoms with Crippen LogP contribution < -0.4 is 0 Å². The molecule has 0 aliphatic heterocycles. The molecule has 0 saturated heterocycles. The van der Waals surface area contributed by atoms with Crippen molar-refractivity contribution in [1.29, 1.82) is 0 Å². The molecule has 108 valence electrons. The molecule has 21 heavy (non-hydrogen) atoms. The molecule has 0 heterocycles. The molecule has 1 N–H and O–H groups in total. The zero-order chi connectivity index (χ0) is 15.0. The van der Waals surface area contributed by atoms with Crippen LogP contribution in [0.25, 0.3) is 10.8 Å². The molecule has 0 spiro atoms. The van der Waals surface area contributed by atoms with Gasteiger partial charge in [0.2, 0.25) is 0 Å². The summed E-state index contributed by atoms with van der Waals surface area (Å²) in [4.78, 5) is 25.8. The lowest BCUT2D eigenvalue weighted by Crippen LogP contribution is -2.29. The van der Waals surface area contributed by atoms with Gasteiger partial charge < -0.3 is 10.0 Å². The van der Waals surface area contributed by atoms with E-state index in [2.05, 4.69) is 0 Å². The van der Waals surface area contributed by atoms with E-state index in [9.17, 15) is 14.7 Å². The molecule has 0 unspecified atom stereocenters. The third-order valence-corrected chi connectivity index (χ3v) is 3.94. The number of carboxylic acid groups (broad SMARTS) is 1. The van der Waals surface area contributed by atoms with Gasteiger partial charge in [-0.25, -0.2) is 4.79 Å². The molecule has 1 aliphatic carbocycles. The number of rotatable bonds is 4. The van der Waals surface area contributed by atoms with E-state index in [0.29, 0.717) is 16.9 Å². The number of carbonyl (C=O) groups excluding carboxylic acids is 1. The molecule has 1 saturated carbocycles. The highest BCUT2D eigenvalue weighted by molar-refractivity contribution is 6.14. The highest BCUT2D eigenvalue weighted by atomic mass is 16.4. The number of carboxylic acids is 1. The Kier molecular flexibility index (Phi) is 3.37. The normalized spacial score (nSPS) is 14.1. The zero-order valence-corrected chi connectivity index (χ0v) is 11.9. The molecule has 0 bridgehead atoms. The molecule has 0 atom stereocenters. The van der Waals surface area contributed by atoms with Crippen molar-refractivity contribution in [2.24, 2.45) is 5.92 Å². The molecule has 1 fully saturated rings. The molecule has 4 heteroatoms. The minimum absolute atomic E-state index is 0.110. The molecule has 4 nitrogen and oxygen atoms in total. The van der Waals surface area contributed by atoms with Crippen LogP contribution in [0.4, 0.5) is 0 Å². The number of aromatic carboxylic acids is 1. The van der Waals surface area contributed by atoms with Gasteiger partial charge in [-0.3, -0.25) is 4.79 Å². The van der Waals surface area contributed by atoms with Crippen LogP contribution >= 0.6 is 0 Å². The lowest BCUT2D eigenvalue weighted by atomic mass is 9.98. The second-order valence-electron chi connectivity index (χ2n) is 5.64. The summed E-state index contributed by atoms with van der Waals surface area (Å²) in [6, 6.07) is 10.4. The van der Waals surface area contributed by atoms with Crippen LogP contribution in [0.1, 0.15) is 33.6 Å². The predicted octanol–water partition coefficient (Wildman–Crippen LogP) is 3.02. The van der Waals surface area contributed by atoms with Gasteiger partial charge in [0.05, 0.1) is 5.56 Å². The zero-order valence-electron chi connectivity index (χ0n) is 11.9. The number of amides is 1. The standard InChI is InChI=1S/C17H17NO3/c1-18(10-11-8-9-11)16(19)13-6-2-4-12-5-3-7-14(15(12)13)17(20)21/h2-7,11H,8-10H2,1H3,(H,20,21). The highest BCUT2D eigenvalue weighted by Crippen LogP contribution is 2.30. The lowest BCUT2D eigenvalue weighted by Gasteiger charge is -2.18. The minimum Gasteiger partial charge on any atom is -0.478 e. The van der Waals surface area contributed by atoms with Crippen LogP contribution in [0.3, 0.4) is 0 Å². The smallest absolute Gasteiger partial charge is 0.336 e.